The van der Waals surface area contributed by atoms with Crippen molar-refractivity contribution in [3.63, 3.8) is 0 Å². The average molecular weight is 432 g/mol. The second-order valence-corrected chi connectivity index (χ2v) is 9.91. The molecule has 1 aliphatic carbocycles. The number of nitrogens with zero attached hydrogens (tertiary/aromatic N) is 2. The summed E-state index contributed by atoms with van der Waals surface area (Å²) in [5.41, 5.74) is 2.33. The minimum Gasteiger partial charge on any atom is -0.352 e. The Hall–Kier alpha value is -1.43. The van der Waals surface area contributed by atoms with Gasteiger partial charge in [-0.05, 0) is 69.0 Å². The van der Waals surface area contributed by atoms with Gasteiger partial charge in [-0.3, -0.25) is 9.69 Å². The van der Waals surface area contributed by atoms with Gasteiger partial charge in [-0.1, -0.05) is 29.8 Å². The first-order valence-corrected chi connectivity index (χ1v) is 12.1. The zero-order valence-electron chi connectivity index (χ0n) is 17.0. The number of carbonyl (C=O) groups excluding carboxylic acids is 1. The third-order valence-corrected chi connectivity index (χ3v) is 7.58. The van der Waals surface area contributed by atoms with Crippen LogP contribution in [0.1, 0.15) is 59.7 Å². The molecule has 6 heteroatoms. The Morgan fingerprint density at radius 3 is 2.97 bits per heavy atom. The second kappa shape index (κ2) is 10.1. The molecule has 2 aromatic rings. The normalized spacial score (nSPS) is 19.7. The first kappa shape index (κ1) is 20.8. The highest BCUT2D eigenvalue weighted by atomic mass is 35.5. The van der Waals surface area contributed by atoms with E-state index in [2.05, 4.69) is 10.2 Å². The lowest BCUT2D eigenvalue weighted by Gasteiger charge is -2.32. The van der Waals surface area contributed by atoms with Crippen LogP contribution in [0.4, 0.5) is 0 Å². The van der Waals surface area contributed by atoms with E-state index in [1.165, 1.54) is 47.7 Å². The maximum atomic E-state index is 12.3. The Morgan fingerprint density at radius 1 is 1.24 bits per heavy atom. The third-order valence-electron chi connectivity index (χ3n) is 6.07. The molecule has 1 aromatic heterocycles. The number of carbonyl (C=O) groups is 1. The number of rotatable bonds is 7. The number of amides is 1. The van der Waals surface area contributed by atoms with Gasteiger partial charge in [0.2, 0.25) is 5.91 Å². The molecule has 156 valence electrons. The van der Waals surface area contributed by atoms with E-state index in [-0.39, 0.29) is 5.91 Å². The number of hydrogen-bond donors (Lipinski definition) is 1. The largest absolute Gasteiger partial charge is 0.352 e. The van der Waals surface area contributed by atoms with Crippen LogP contribution in [0, 0.1) is 5.92 Å². The molecule has 0 bridgehead atoms. The highest BCUT2D eigenvalue weighted by molar-refractivity contribution is 7.11. The molecule has 2 aliphatic rings. The van der Waals surface area contributed by atoms with Crippen LogP contribution in [-0.2, 0) is 30.7 Å². The number of halogens is 1. The molecule has 1 aromatic carbocycles. The van der Waals surface area contributed by atoms with Crippen LogP contribution in [0.25, 0.3) is 0 Å². The van der Waals surface area contributed by atoms with Crippen molar-refractivity contribution in [2.75, 3.05) is 13.1 Å². The van der Waals surface area contributed by atoms with Crippen molar-refractivity contribution < 1.29 is 4.79 Å². The Morgan fingerprint density at radius 2 is 2.10 bits per heavy atom. The number of hydrogen-bond acceptors (Lipinski definition) is 4. The van der Waals surface area contributed by atoms with Crippen molar-refractivity contribution in [1.82, 2.24) is 15.2 Å². The summed E-state index contributed by atoms with van der Waals surface area (Å²) in [6.45, 7) is 3.72. The fourth-order valence-corrected chi connectivity index (χ4v) is 5.86. The number of aromatic nitrogens is 1. The molecule has 4 nitrogen and oxygen atoms in total. The van der Waals surface area contributed by atoms with Crippen LogP contribution in [0.3, 0.4) is 0 Å². The van der Waals surface area contributed by atoms with Gasteiger partial charge in [0.1, 0.15) is 5.01 Å². The number of nitrogens with one attached hydrogen (secondary N) is 1. The Balaban J connectivity index is 1.21. The first-order valence-electron chi connectivity index (χ1n) is 10.9. The van der Waals surface area contributed by atoms with Crippen molar-refractivity contribution in [3.05, 3.63) is 50.4 Å². The van der Waals surface area contributed by atoms with Gasteiger partial charge in [-0.2, -0.15) is 0 Å². The topological polar surface area (TPSA) is 45.2 Å². The molecule has 29 heavy (non-hydrogen) atoms. The lowest BCUT2D eigenvalue weighted by Crippen LogP contribution is -2.35. The number of piperidine rings is 1. The highest BCUT2D eigenvalue weighted by Crippen LogP contribution is 2.29. The van der Waals surface area contributed by atoms with Gasteiger partial charge >= 0.3 is 0 Å². The summed E-state index contributed by atoms with van der Waals surface area (Å²) in [7, 11) is 0. The quantitative estimate of drug-likeness (QED) is 0.672. The molecule has 1 N–H and O–H groups in total. The van der Waals surface area contributed by atoms with E-state index in [1.54, 1.807) is 0 Å². The Kier molecular flexibility index (Phi) is 7.22. The fraction of sp³-hybridized carbons (Fsp3) is 0.565. The van der Waals surface area contributed by atoms with Crippen molar-refractivity contribution in [1.29, 1.82) is 0 Å². The molecular weight excluding hydrogens is 402 g/mol. The SMILES string of the molecule is O=C(CC[C@H]1CCCN(Cc2nc3c(s2)CCCC3)C1)NCc1ccccc1Cl. The lowest BCUT2D eigenvalue weighted by molar-refractivity contribution is -0.121. The number of thiazole rings is 1. The molecular formula is C23H30ClN3OS. The molecule has 0 saturated carbocycles. The Bertz CT molecular complexity index is 814. The van der Waals surface area contributed by atoms with Crippen molar-refractivity contribution >= 4 is 28.8 Å². The minimum absolute atomic E-state index is 0.120. The van der Waals surface area contributed by atoms with Crippen LogP contribution < -0.4 is 5.32 Å². The van der Waals surface area contributed by atoms with Crippen LogP contribution >= 0.6 is 22.9 Å². The molecule has 0 radical (unpaired) electrons. The monoisotopic (exact) mass is 431 g/mol. The molecule has 1 aliphatic heterocycles. The van der Waals surface area contributed by atoms with Gasteiger partial charge in [0.05, 0.1) is 12.2 Å². The van der Waals surface area contributed by atoms with E-state index in [0.29, 0.717) is 23.9 Å². The van der Waals surface area contributed by atoms with E-state index >= 15 is 0 Å². The number of fused-ring (bicyclic) bond motifs is 1. The smallest absolute Gasteiger partial charge is 0.220 e. The van der Waals surface area contributed by atoms with Crippen molar-refractivity contribution in [2.45, 2.75) is 64.5 Å². The molecule has 0 spiro atoms. The summed E-state index contributed by atoms with van der Waals surface area (Å²) in [6, 6.07) is 7.67. The predicted molar refractivity (Wildman–Crippen MR) is 119 cm³/mol. The zero-order valence-corrected chi connectivity index (χ0v) is 18.5. The molecule has 1 fully saturated rings. The highest BCUT2D eigenvalue weighted by Gasteiger charge is 2.23. The van der Waals surface area contributed by atoms with Gasteiger partial charge in [0.15, 0.2) is 0 Å². The summed E-state index contributed by atoms with van der Waals surface area (Å²) in [5, 5.41) is 5.01. The zero-order chi connectivity index (χ0) is 20.1. The van der Waals surface area contributed by atoms with Crippen LogP contribution in [0.15, 0.2) is 24.3 Å². The summed E-state index contributed by atoms with van der Waals surface area (Å²) < 4.78 is 0. The number of aryl methyl sites for hydroxylation is 2. The number of benzene rings is 1. The summed E-state index contributed by atoms with van der Waals surface area (Å²) in [5.74, 6) is 0.721. The summed E-state index contributed by atoms with van der Waals surface area (Å²) in [6.07, 6.45) is 8.99. The molecule has 2 heterocycles. The van der Waals surface area contributed by atoms with Gasteiger partial charge in [-0.25, -0.2) is 4.98 Å². The van der Waals surface area contributed by atoms with E-state index in [4.69, 9.17) is 16.6 Å². The van der Waals surface area contributed by atoms with Crippen LogP contribution in [0.5, 0.6) is 0 Å². The van der Waals surface area contributed by atoms with Crippen LogP contribution in [-0.4, -0.2) is 28.9 Å². The van der Waals surface area contributed by atoms with E-state index in [0.717, 1.165) is 38.0 Å². The second-order valence-electron chi connectivity index (χ2n) is 8.33. The first-order chi connectivity index (χ1) is 14.2. The predicted octanol–water partition coefficient (Wildman–Crippen LogP) is 4.98. The molecule has 1 atom stereocenters. The molecule has 0 unspecified atom stereocenters. The molecule has 1 amide bonds. The van der Waals surface area contributed by atoms with E-state index < -0.39 is 0 Å². The molecule has 1 saturated heterocycles. The van der Waals surface area contributed by atoms with Gasteiger partial charge in [-0.15, -0.1) is 11.3 Å². The van der Waals surface area contributed by atoms with Crippen molar-refractivity contribution in [3.8, 4) is 0 Å². The van der Waals surface area contributed by atoms with Gasteiger partial charge in [0.25, 0.3) is 0 Å². The van der Waals surface area contributed by atoms with Gasteiger partial charge in [0, 0.05) is 29.4 Å². The maximum Gasteiger partial charge on any atom is 0.220 e. The minimum atomic E-state index is 0.120. The number of likely N-dealkylation sites (tertiary alicyclic amines) is 1. The van der Waals surface area contributed by atoms with E-state index in [9.17, 15) is 4.79 Å². The van der Waals surface area contributed by atoms with Crippen LogP contribution in [0.2, 0.25) is 5.02 Å². The average Bonchev–Trinajstić information content (AvgIpc) is 3.14. The Labute approximate surface area is 182 Å². The maximum absolute atomic E-state index is 12.3. The summed E-state index contributed by atoms with van der Waals surface area (Å²) in [4.78, 5) is 21.3. The van der Waals surface area contributed by atoms with E-state index in [1.807, 2.05) is 35.6 Å². The third kappa shape index (κ3) is 5.80. The summed E-state index contributed by atoms with van der Waals surface area (Å²) >= 11 is 8.09. The van der Waals surface area contributed by atoms with Crippen molar-refractivity contribution in [2.24, 2.45) is 5.92 Å². The van der Waals surface area contributed by atoms with Gasteiger partial charge < -0.3 is 5.32 Å². The standard InChI is InChI=1S/C23H30ClN3OS/c24-19-8-2-1-7-18(19)14-25-22(28)12-11-17-6-5-13-27(15-17)16-23-26-20-9-3-4-10-21(20)29-23/h1-2,7-8,17H,3-6,9-16H2,(H,25,28)/t17-/m1/s1. The molecule has 4 rings (SSSR count). The lowest BCUT2D eigenvalue weighted by atomic mass is 9.93. The fourth-order valence-electron chi connectivity index (χ4n) is 4.45.